The van der Waals surface area contributed by atoms with E-state index in [1.54, 1.807) is 0 Å². The van der Waals surface area contributed by atoms with Crippen LogP contribution in [0.1, 0.15) is 10.5 Å². The fourth-order valence-corrected chi connectivity index (χ4v) is 1.14. The Balaban J connectivity index is 3.23. The Morgan fingerprint density at radius 1 is 1.77 bits per heavy atom. The topological polar surface area (TPSA) is 59.4 Å². The number of pyridine rings is 1. The van der Waals surface area contributed by atoms with Crippen molar-refractivity contribution in [1.82, 2.24) is 4.98 Å². The fourth-order valence-electron chi connectivity index (χ4n) is 0.704. The van der Waals surface area contributed by atoms with Crippen molar-refractivity contribution >= 4 is 33.5 Å². The Bertz CT molecular complexity index is 356. The summed E-state index contributed by atoms with van der Waals surface area (Å²) in [6, 6.07) is 1.21. The van der Waals surface area contributed by atoms with Gasteiger partial charge in [-0.25, -0.2) is 9.78 Å². The van der Waals surface area contributed by atoms with Gasteiger partial charge in [-0.3, -0.25) is 0 Å². The van der Waals surface area contributed by atoms with Crippen molar-refractivity contribution in [3.05, 3.63) is 21.4 Å². The highest BCUT2D eigenvalue weighted by molar-refractivity contribution is 9.10. The number of nitrogens with zero attached hydrogens (tertiary/aromatic N) is 1. The minimum atomic E-state index is -0.713. The van der Waals surface area contributed by atoms with Crippen LogP contribution in [0.15, 0.2) is 10.7 Å². The van der Waals surface area contributed by atoms with Crippen LogP contribution in [0.2, 0.25) is 5.02 Å². The Morgan fingerprint density at radius 3 is 2.92 bits per heavy atom. The zero-order chi connectivity index (χ0) is 10.0. The number of aromatic hydroxyl groups is 1. The number of methoxy groups -OCH3 is 1. The van der Waals surface area contributed by atoms with E-state index in [1.165, 1.54) is 13.2 Å². The molecule has 0 saturated carbocycles. The van der Waals surface area contributed by atoms with Crippen LogP contribution in [-0.4, -0.2) is 23.2 Å². The first kappa shape index (κ1) is 10.3. The summed E-state index contributed by atoms with van der Waals surface area (Å²) >= 11 is 8.63. The Morgan fingerprint density at radius 2 is 2.38 bits per heavy atom. The molecule has 0 aliphatic carbocycles. The maximum absolute atomic E-state index is 11.0. The first-order valence-electron chi connectivity index (χ1n) is 3.19. The number of hydrogen-bond donors (Lipinski definition) is 1. The number of ether oxygens (including phenoxy) is 1. The number of carbonyl (C=O) groups is 1. The van der Waals surface area contributed by atoms with Crippen LogP contribution in [0.3, 0.4) is 0 Å². The lowest BCUT2D eigenvalue weighted by atomic mass is 10.3. The quantitative estimate of drug-likeness (QED) is 0.624. The molecule has 0 amide bonds. The smallest absolute Gasteiger partial charge is 0.360 e. The van der Waals surface area contributed by atoms with E-state index in [9.17, 15) is 9.90 Å². The molecule has 0 radical (unpaired) electrons. The van der Waals surface area contributed by atoms with Gasteiger partial charge in [-0.2, -0.15) is 0 Å². The molecule has 1 N–H and O–H groups in total. The van der Waals surface area contributed by atoms with E-state index in [2.05, 4.69) is 25.7 Å². The van der Waals surface area contributed by atoms with E-state index < -0.39 is 5.97 Å². The average Bonchev–Trinajstić information content (AvgIpc) is 2.10. The molecule has 70 valence electrons. The summed E-state index contributed by atoms with van der Waals surface area (Å²) in [5.74, 6) is -1.02. The van der Waals surface area contributed by atoms with Gasteiger partial charge < -0.3 is 9.84 Å². The average molecular weight is 266 g/mol. The molecule has 0 aliphatic rings. The third-order valence-electron chi connectivity index (χ3n) is 1.29. The summed E-state index contributed by atoms with van der Waals surface area (Å²) in [4.78, 5) is 14.7. The summed E-state index contributed by atoms with van der Waals surface area (Å²) < 4.78 is 4.67. The van der Waals surface area contributed by atoms with E-state index >= 15 is 0 Å². The van der Waals surface area contributed by atoms with Gasteiger partial charge in [0.25, 0.3) is 0 Å². The van der Waals surface area contributed by atoms with E-state index in [1.807, 2.05) is 0 Å². The van der Waals surface area contributed by atoms with Crippen molar-refractivity contribution in [2.45, 2.75) is 0 Å². The SMILES string of the molecule is COC(=O)c1nc(Br)c(Cl)cc1O. The number of carbonyl (C=O) groups excluding carboxylic acids is 1. The van der Waals surface area contributed by atoms with Crippen LogP contribution in [0, 0.1) is 0 Å². The maximum atomic E-state index is 11.0. The molecule has 13 heavy (non-hydrogen) atoms. The predicted octanol–water partition coefficient (Wildman–Crippen LogP) is 1.99. The molecule has 0 aromatic carbocycles. The van der Waals surface area contributed by atoms with Crippen molar-refractivity contribution in [2.75, 3.05) is 7.11 Å². The molecular weight excluding hydrogens is 261 g/mol. The minimum absolute atomic E-state index is 0.168. The lowest BCUT2D eigenvalue weighted by molar-refractivity contribution is 0.0590. The zero-order valence-electron chi connectivity index (χ0n) is 6.54. The van der Waals surface area contributed by atoms with Gasteiger partial charge in [0.2, 0.25) is 0 Å². The molecule has 0 spiro atoms. The van der Waals surface area contributed by atoms with Crippen LogP contribution in [0.25, 0.3) is 0 Å². The van der Waals surface area contributed by atoms with Gasteiger partial charge in [-0.05, 0) is 15.9 Å². The molecule has 1 heterocycles. The lowest BCUT2D eigenvalue weighted by Crippen LogP contribution is -2.04. The third kappa shape index (κ3) is 2.10. The summed E-state index contributed by atoms with van der Waals surface area (Å²) in [6.07, 6.45) is 0. The Kier molecular flexibility index (Phi) is 3.11. The number of esters is 1. The van der Waals surface area contributed by atoms with Gasteiger partial charge in [0.05, 0.1) is 12.1 Å². The molecule has 1 rings (SSSR count). The van der Waals surface area contributed by atoms with Crippen LogP contribution in [-0.2, 0) is 4.74 Å². The molecule has 1 aromatic rings. The maximum Gasteiger partial charge on any atom is 0.360 e. The number of hydrogen-bond acceptors (Lipinski definition) is 4. The van der Waals surface area contributed by atoms with Gasteiger partial charge in [-0.15, -0.1) is 0 Å². The molecule has 0 atom stereocenters. The highest BCUT2D eigenvalue weighted by atomic mass is 79.9. The monoisotopic (exact) mass is 265 g/mol. The second kappa shape index (κ2) is 3.93. The standard InChI is InChI=1S/C7H5BrClNO3/c1-13-7(12)5-4(11)2-3(9)6(8)10-5/h2,11H,1H3. The fraction of sp³-hybridized carbons (Fsp3) is 0.143. The minimum Gasteiger partial charge on any atom is -0.505 e. The molecule has 0 bridgehead atoms. The van der Waals surface area contributed by atoms with Gasteiger partial charge in [0.1, 0.15) is 10.4 Å². The van der Waals surface area contributed by atoms with Crippen LogP contribution >= 0.6 is 27.5 Å². The van der Waals surface area contributed by atoms with Gasteiger partial charge in [0, 0.05) is 6.07 Å². The lowest BCUT2D eigenvalue weighted by Gasteiger charge is -2.02. The van der Waals surface area contributed by atoms with E-state index in [0.29, 0.717) is 0 Å². The Labute approximate surface area is 87.6 Å². The summed E-state index contributed by atoms with van der Waals surface area (Å²) in [7, 11) is 1.20. The van der Waals surface area contributed by atoms with E-state index in [4.69, 9.17) is 11.6 Å². The number of rotatable bonds is 1. The predicted molar refractivity (Wildman–Crippen MR) is 50.0 cm³/mol. The second-order valence-corrected chi connectivity index (χ2v) is 3.28. The molecule has 6 heteroatoms. The normalized spacial score (nSPS) is 9.77. The second-order valence-electron chi connectivity index (χ2n) is 2.12. The van der Waals surface area contributed by atoms with Crippen molar-refractivity contribution in [2.24, 2.45) is 0 Å². The largest absolute Gasteiger partial charge is 0.505 e. The Hall–Kier alpha value is -0.810. The van der Waals surface area contributed by atoms with Crippen molar-refractivity contribution in [3.63, 3.8) is 0 Å². The van der Waals surface area contributed by atoms with Crippen LogP contribution in [0.5, 0.6) is 5.75 Å². The van der Waals surface area contributed by atoms with Crippen LogP contribution in [0.4, 0.5) is 0 Å². The summed E-state index contributed by atoms with van der Waals surface area (Å²) in [5, 5.41) is 9.48. The van der Waals surface area contributed by atoms with E-state index in [-0.39, 0.29) is 21.1 Å². The molecule has 0 aliphatic heterocycles. The molecule has 0 fully saturated rings. The van der Waals surface area contributed by atoms with E-state index in [0.717, 1.165) is 0 Å². The molecule has 0 unspecified atom stereocenters. The van der Waals surface area contributed by atoms with Gasteiger partial charge in [-0.1, -0.05) is 11.6 Å². The first-order valence-corrected chi connectivity index (χ1v) is 4.36. The van der Waals surface area contributed by atoms with Crippen LogP contribution < -0.4 is 0 Å². The zero-order valence-corrected chi connectivity index (χ0v) is 8.89. The summed E-state index contributed by atoms with van der Waals surface area (Å²) in [6.45, 7) is 0. The van der Waals surface area contributed by atoms with Gasteiger partial charge >= 0.3 is 5.97 Å². The molecule has 0 saturated heterocycles. The van der Waals surface area contributed by atoms with Crippen molar-refractivity contribution in [3.8, 4) is 5.75 Å². The van der Waals surface area contributed by atoms with Crippen molar-refractivity contribution in [1.29, 1.82) is 0 Å². The third-order valence-corrected chi connectivity index (χ3v) is 2.41. The number of halogens is 2. The summed E-state index contributed by atoms with van der Waals surface area (Å²) in [5.41, 5.74) is -0.168. The highest BCUT2D eigenvalue weighted by Gasteiger charge is 2.15. The highest BCUT2D eigenvalue weighted by Crippen LogP contribution is 2.27. The molecule has 1 aromatic heterocycles. The molecule has 4 nitrogen and oxygen atoms in total. The first-order chi connectivity index (χ1) is 6.06. The van der Waals surface area contributed by atoms with Gasteiger partial charge in [0.15, 0.2) is 5.69 Å². The van der Waals surface area contributed by atoms with Crippen molar-refractivity contribution < 1.29 is 14.6 Å². The molecular formula is C7H5BrClNO3. The number of aromatic nitrogens is 1.